The minimum absolute atomic E-state index is 0.0310. The van der Waals surface area contributed by atoms with Gasteiger partial charge in [0, 0.05) is 7.05 Å². The Morgan fingerprint density at radius 1 is 1.03 bits per heavy atom. The van der Waals surface area contributed by atoms with Gasteiger partial charge in [-0.3, -0.25) is 4.79 Å². The van der Waals surface area contributed by atoms with Crippen molar-refractivity contribution >= 4 is 27.5 Å². The summed E-state index contributed by atoms with van der Waals surface area (Å²) in [6.07, 6.45) is 0. The predicted octanol–water partition coefficient (Wildman–Crippen LogP) is 2.86. The van der Waals surface area contributed by atoms with Gasteiger partial charge in [-0.2, -0.15) is 4.31 Å². The van der Waals surface area contributed by atoms with Crippen molar-refractivity contribution in [1.82, 2.24) is 9.62 Å². The standard InChI is InChI=1S/C20H25ClN2O6S/c1-13(14-6-8-18(28-4)19(10-14)29-5)22-20(24)12-23(2)30(25,26)15-7-9-17(27-3)16(21)11-15/h6-11,13H,12H2,1-5H3,(H,22,24)/t13-/m1/s1. The van der Waals surface area contributed by atoms with Crippen LogP contribution in [-0.4, -0.2) is 53.6 Å². The molecule has 0 saturated heterocycles. The van der Waals surface area contributed by atoms with Crippen LogP contribution in [0, 0.1) is 0 Å². The number of hydrogen-bond donors (Lipinski definition) is 1. The number of benzene rings is 2. The van der Waals surface area contributed by atoms with Gasteiger partial charge in [0.05, 0.1) is 43.8 Å². The molecule has 0 aliphatic rings. The lowest BCUT2D eigenvalue weighted by Crippen LogP contribution is -2.39. The molecule has 8 nitrogen and oxygen atoms in total. The van der Waals surface area contributed by atoms with Gasteiger partial charge in [-0.05, 0) is 42.8 Å². The van der Waals surface area contributed by atoms with Crippen LogP contribution < -0.4 is 19.5 Å². The molecule has 1 amide bonds. The Balaban J connectivity index is 2.08. The third-order valence-electron chi connectivity index (χ3n) is 4.48. The van der Waals surface area contributed by atoms with Crippen LogP contribution in [0.2, 0.25) is 5.02 Å². The average molecular weight is 457 g/mol. The summed E-state index contributed by atoms with van der Waals surface area (Å²) >= 11 is 6.02. The van der Waals surface area contributed by atoms with Crippen molar-refractivity contribution < 1.29 is 27.4 Å². The van der Waals surface area contributed by atoms with Crippen molar-refractivity contribution in [2.45, 2.75) is 17.9 Å². The van der Waals surface area contributed by atoms with Gasteiger partial charge in [0.1, 0.15) is 5.75 Å². The molecule has 2 aromatic rings. The highest BCUT2D eigenvalue weighted by Gasteiger charge is 2.24. The van der Waals surface area contributed by atoms with Gasteiger partial charge < -0.3 is 19.5 Å². The van der Waals surface area contributed by atoms with Gasteiger partial charge in [0.2, 0.25) is 15.9 Å². The van der Waals surface area contributed by atoms with Crippen LogP contribution in [0.3, 0.4) is 0 Å². The number of hydrogen-bond acceptors (Lipinski definition) is 6. The molecule has 0 bridgehead atoms. The first-order valence-corrected chi connectivity index (χ1v) is 10.8. The molecular formula is C20H25ClN2O6S. The molecule has 10 heteroatoms. The Morgan fingerprint density at radius 3 is 2.20 bits per heavy atom. The number of methoxy groups -OCH3 is 3. The fourth-order valence-corrected chi connectivity index (χ4v) is 4.24. The van der Waals surface area contributed by atoms with E-state index in [4.69, 9.17) is 25.8 Å². The number of amides is 1. The Morgan fingerprint density at radius 2 is 1.63 bits per heavy atom. The SMILES string of the molecule is COc1ccc(S(=O)(=O)N(C)CC(=O)N[C@H](C)c2ccc(OC)c(OC)c2)cc1Cl. The van der Waals surface area contributed by atoms with E-state index < -0.39 is 15.9 Å². The summed E-state index contributed by atoms with van der Waals surface area (Å²) in [5.41, 5.74) is 0.786. The Labute approximate surface area is 181 Å². The highest BCUT2D eigenvalue weighted by molar-refractivity contribution is 7.89. The Bertz CT molecular complexity index is 1010. The molecule has 0 radical (unpaired) electrons. The number of nitrogens with zero attached hydrogens (tertiary/aromatic N) is 1. The average Bonchev–Trinajstić information content (AvgIpc) is 2.72. The van der Waals surface area contributed by atoms with E-state index in [1.165, 1.54) is 46.6 Å². The van der Waals surface area contributed by atoms with E-state index in [-0.39, 0.29) is 22.5 Å². The lowest BCUT2D eigenvalue weighted by molar-refractivity contribution is -0.121. The van der Waals surface area contributed by atoms with E-state index in [9.17, 15) is 13.2 Å². The number of nitrogens with one attached hydrogen (secondary N) is 1. The van der Waals surface area contributed by atoms with E-state index in [1.54, 1.807) is 25.1 Å². The van der Waals surface area contributed by atoms with Crippen molar-refractivity contribution in [3.05, 3.63) is 47.0 Å². The lowest BCUT2D eigenvalue weighted by Gasteiger charge is -2.20. The van der Waals surface area contributed by atoms with Crippen LogP contribution in [0.5, 0.6) is 17.2 Å². The monoisotopic (exact) mass is 456 g/mol. The Kier molecular flexibility index (Phi) is 7.94. The fraction of sp³-hybridized carbons (Fsp3) is 0.350. The van der Waals surface area contributed by atoms with Gasteiger partial charge in [-0.1, -0.05) is 17.7 Å². The van der Waals surface area contributed by atoms with E-state index in [1.807, 2.05) is 0 Å². The first kappa shape index (κ1) is 23.8. The summed E-state index contributed by atoms with van der Waals surface area (Å²) in [7, 11) is 1.92. The summed E-state index contributed by atoms with van der Waals surface area (Å²) in [4.78, 5) is 12.4. The normalized spacial score (nSPS) is 12.4. The van der Waals surface area contributed by atoms with E-state index in [0.29, 0.717) is 17.2 Å². The third-order valence-corrected chi connectivity index (χ3v) is 6.58. The molecule has 0 unspecified atom stereocenters. The van der Waals surface area contributed by atoms with Crippen LogP contribution in [0.1, 0.15) is 18.5 Å². The number of sulfonamides is 1. The number of rotatable bonds is 9. The van der Waals surface area contributed by atoms with Crippen LogP contribution in [-0.2, 0) is 14.8 Å². The van der Waals surface area contributed by atoms with E-state index >= 15 is 0 Å². The highest BCUT2D eigenvalue weighted by Crippen LogP contribution is 2.30. The van der Waals surface area contributed by atoms with Crippen LogP contribution in [0.25, 0.3) is 0 Å². The number of ether oxygens (including phenoxy) is 3. The van der Waals surface area contributed by atoms with Crippen molar-refractivity contribution in [2.75, 3.05) is 34.9 Å². The Hall–Kier alpha value is -2.49. The zero-order chi connectivity index (χ0) is 22.5. The molecule has 0 heterocycles. The first-order valence-electron chi connectivity index (χ1n) is 8.95. The topological polar surface area (TPSA) is 94.2 Å². The molecule has 0 aliphatic carbocycles. The van der Waals surface area contributed by atoms with Gasteiger partial charge in [-0.15, -0.1) is 0 Å². The molecule has 1 N–H and O–H groups in total. The van der Waals surface area contributed by atoms with Gasteiger partial charge >= 0.3 is 0 Å². The van der Waals surface area contributed by atoms with Gasteiger partial charge in [-0.25, -0.2) is 8.42 Å². The molecule has 164 valence electrons. The molecule has 30 heavy (non-hydrogen) atoms. The number of carbonyl (C=O) groups is 1. The second kappa shape index (κ2) is 10.0. The van der Waals surface area contributed by atoms with Crippen molar-refractivity contribution in [1.29, 1.82) is 0 Å². The van der Waals surface area contributed by atoms with E-state index in [2.05, 4.69) is 5.32 Å². The maximum Gasteiger partial charge on any atom is 0.243 e. The minimum Gasteiger partial charge on any atom is -0.495 e. The second-order valence-electron chi connectivity index (χ2n) is 6.46. The van der Waals surface area contributed by atoms with Gasteiger partial charge in [0.15, 0.2) is 11.5 Å². The predicted molar refractivity (Wildman–Crippen MR) is 114 cm³/mol. The van der Waals surface area contributed by atoms with Crippen molar-refractivity contribution in [3.8, 4) is 17.2 Å². The highest BCUT2D eigenvalue weighted by atomic mass is 35.5. The molecule has 0 saturated carbocycles. The summed E-state index contributed by atoms with van der Waals surface area (Å²) in [5.74, 6) is 1.01. The fourth-order valence-electron chi connectivity index (χ4n) is 2.77. The molecule has 1 atom stereocenters. The quantitative estimate of drug-likeness (QED) is 0.623. The maximum absolute atomic E-state index is 12.7. The summed E-state index contributed by atoms with van der Waals surface area (Å²) in [6, 6.07) is 9.04. The molecular weight excluding hydrogens is 432 g/mol. The second-order valence-corrected chi connectivity index (χ2v) is 8.91. The lowest BCUT2D eigenvalue weighted by atomic mass is 10.1. The van der Waals surface area contributed by atoms with Crippen LogP contribution in [0.4, 0.5) is 0 Å². The molecule has 0 spiro atoms. The smallest absolute Gasteiger partial charge is 0.243 e. The van der Waals surface area contributed by atoms with Crippen LogP contribution in [0.15, 0.2) is 41.3 Å². The molecule has 2 aromatic carbocycles. The van der Waals surface area contributed by atoms with Crippen molar-refractivity contribution in [2.24, 2.45) is 0 Å². The third kappa shape index (κ3) is 5.35. The summed E-state index contributed by atoms with van der Waals surface area (Å²) < 4.78 is 42.0. The largest absolute Gasteiger partial charge is 0.495 e. The zero-order valence-electron chi connectivity index (χ0n) is 17.4. The maximum atomic E-state index is 12.7. The minimum atomic E-state index is -3.91. The van der Waals surface area contributed by atoms with Crippen LogP contribution >= 0.6 is 11.6 Å². The number of halogens is 1. The van der Waals surface area contributed by atoms with Crippen molar-refractivity contribution in [3.63, 3.8) is 0 Å². The van der Waals surface area contributed by atoms with Gasteiger partial charge in [0.25, 0.3) is 0 Å². The first-order chi connectivity index (χ1) is 14.1. The molecule has 0 aromatic heterocycles. The zero-order valence-corrected chi connectivity index (χ0v) is 19.0. The summed E-state index contributed by atoms with van der Waals surface area (Å²) in [5, 5.41) is 2.95. The number of likely N-dealkylation sites (N-methyl/N-ethyl adjacent to an activating group) is 1. The molecule has 0 aliphatic heterocycles. The van der Waals surface area contributed by atoms with E-state index in [0.717, 1.165) is 9.87 Å². The molecule has 0 fully saturated rings. The number of carbonyl (C=O) groups excluding carboxylic acids is 1. The molecule has 2 rings (SSSR count). The summed E-state index contributed by atoms with van der Waals surface area (Å²) in [6.45, 7) is 1.43.